The molecule has 0 amide bonds. The molecule has 236 valence electrons. The van der Waals surface area contributed by atoms with Crippen molar-refractivity contribution < 1.29 is 232 Å². The smallest absolute Gasteiger partial charge is 0.549 e. The fourth-order valence-electron chi connectivity index (χ4n) is 2.91. The fourth-order valence-corrected chi connectivity index (χ4v) is 2.91. The zero-order valence-electron chi connectivity index (χ0n) is 26.4. The molecule has 0 aliphatic carbocycles. The molecule has 0 aliphatic rings. The number of nitrogens with zero attached hydrogens (tertiary/aromatic N) is 4. The van der Waals surface area contributed by atoms with Gasteiger partial charge in [-0.3, -0.25) is 34.0 Å². The topological polar surface area (TPSA) is 357 Å². The Balaban J connectivity index is -0.0000000926. The zero-order valence-corrected chi connectivity index (χ0v) is 36.4. The van der Waals surface area contributed by atoms with Crippen LogP contribution in [0.2, 0.25) is 0 Å². The van der Waals surface area contributed by atoms with E-state index in [2.05, 4.69) is 0 Å². The van der Waals surface area contributed by atoms with E-state index in [1.54, 1.807) is 0 Å². The van der Waals surface area contributed by atoms with Crippen LogP contribution < -0.4 is 173 Å². The summed E-state index contributed by atoms with van der Waals surface area (Å²) in [5, 5.41) is 77.9. The second kappa shape index (κ2) is 38.4. The molecule has 0 radical (unpaired) electrons. The van der Waals surface area contributed by atoms with E-state index >= 15 is 0 Å². The maximum Gasteiger partial charge on any atom is 1.00 e. The Hall–Kier alpha value is 0.560. The van der Waals surface area contributed by atoms with Gasteiger partial charge in [-0.1, -0.05) is 0 Å². The molecule has 0 atom stereocenters. The van der Waals surface area contributed by atoms with Crippen molar-refractivity contribution in [3.05, 3.63) is 0 Å². The molecule has 0 bridgehead atoms. The maximum atomic E-state index is 10.5. The summed E-state index contributed by atoms with van der Waals surface area (Å²) in [5.74, 6) is -11.3. The van der Waals surface area contributed by atoms with Gasteiger partial charge in [0.05, 0.1) is 49.5 Å². The number of aliphatic carboxylic acids is 8. The molecule has 0 unspecified atom stereocenters. The van der Waals surface area contributed by atoms with Gasteiger partial charge in [-0.25, -0.2) is 0 Å². The van der Waals surface area contributed by atoms with Crippen molar-refractivity contribution in [3.63, 3.8) is 0 Å². The molecule has 0 aromatic rings. The average molecular weight is 712 g/mol. The first-order valence-electron chi connectivity index (χ1n) is 10.9. The summed E-state index contributed by atoms with van der Waals surface area (Å²) in [6, 6.07) is 0. The number of rotatable bonds is 22. The Morgan fingerprint density at radius 1 is 0.348 bits per heavy atom. The molecule has 0 fully saturated rings. The minimum atomic E-state index is -1.52. The van der Waals surface area contributed by atoms with E-state index < -0.39 is 100 Å². The number of carboxylic acids is 8. The van der Waals surface area contributed by atoms with Crippen LogP contribution in [0.15, 0.2) is 0 Å². The summed E-state index contributed by atoms with van der Waals surface area (Å²) in [6.45, 7) is -5.75. The Kier molecular flexibility index (Phi) is 54.2. The van der Waals surface area contributed by atoms with Crippen LogP contribution in [0.3, 0.4) is 0 Å². The van der Waals surface area contributed by atoms with Crippen LogP contribution in [0, 0.1) is 0 Å². The Bertz CT molecular complexity index is 727. The summed E-state index contributed by atoms with van der Waals surface area (Å²) in [5.41, 5.74) is 0. The van der Waals surface area contributed by atoms with Crippen LogP contribution >= 0.6 is 0 Å². The monoisotopic (exact) mass is 712 g/mol. The molecule has 0 aliphatic heterocycles. The van der Waals surface area contributed by atoms with Gasteiger partial charge in [0.15, 0.2) is 0 Å². The van der Waals surface area contributed by atoms with Gasteiger partial charge >= 0.3 is 166 Å². The standard InChI is InChI=1S/2C10H16N2O8.5Na.H2O/c2*13-7(14)3-11(4-8(15)16)1-2-12(5-9(17)18)6-10(19)20;;;;;;/h2*1-6H2,(H,13,14)(H,15,16)(H,17,18)(H,19,20);;;;;;1H2/q;;5*+1;/p-5. The fraction of sp³-hybridized carbons (Fsp3) is 0.600. The molecule has 46 heavy (non-hydrogen) atoms. The molecule has 0 spiro atoms. The van der Waals surface area contributed by atoms with Crippen molar-refractivity contribution in [1.82, 2.24) is 19.6 Å². The van der Waals surface area contributed by atoms with E-state index in [-0.39, 0.29) is 179 Å². The van der Waals surface area contributed by atoms with Crippen LogP contribution in [0.5, 0.6) is 0 Å². The van der Waals surface area contributed by atoms with E-state index in [4.69, 9.17) is 15.3 Å². The van der Waals surface area contributed by atoms with E-state index in [9.17, 15) is 63.9 Å². The van der Waals surface area contributed by atoms with Crippen molar-refractivity contribution in [2.45, 2.75) is 0 Å². The van der Waals surface area contributed by atoms with Gasteiger partial charge in [-0.05, 0) is 0 Å². The summed E-state index contributed by atoms with van der Waals surface area (Å²) in [6.07, 6.45) is 0. The summed E-state index contributed by atoms with van der Waals surface area (Å²) in [4.78, 5) is 87.6. The molecule has 0 rings (SSSR count). The van der Waals surface area contributed by atoms with Crippen LogP contribution in [0.25, 0.3) is 0 Å². The third-order valence-electron chi connectivity index (χ3n) is 4.31. The predicted molar refractivity (Wildman–Crippen MR) is 117 cm³/mol. The van der Waals surface area contributed by atoms with E-state index in [0.29, 0.717) is 0 Å². The van der Waals surface area contributed by atoms with Crippen molar-refractivity contribution in [2.75, 3.05) is 78.5 Å². The summed E-state index contributed by atoms with van der Waals surface area (Å²) < 4.78 is 0. The van der Waals surface area contributed by atoms with Crippen molar-refractivity contribution >= 4 is 47.8 Å². The first-order chi connectivity index (χ1) is 18.4. The van der Waals surface area contributed by atoms with Crippen molar-refractivity contribution in [1.29, 1.82) is 0 Å². The number of carbonyl (C=O) groups is 8. The maximum absolute atomic E-state index is 10.5. The summed E-state index contributed by atoms with van der Waals surface area (Å²) in [7, 11) is 0. The zero-order chi connectivity index (χ0) is 31.4. The van der Waals surface area contributed by atoms with Gasteiger partial charge in [0, 0.05) is 58.9 Å². The van der Waals surface area contributed by atoms with Crippen LogP contribution in [-0.2, 0) is 38.4 Å². The molecular weight excluding hydrogens is 683 g/mol. The molecule has 5 N–H and O–H groups in total. The van der Waals surface area contributed by atoms with Crippen LogP contribution in [-0.4, -0.2) is 167 Å². The number of hydrogen-bond acceptors (Lipinski definition) is 17. The quantitative estimate of drug-likeness (QED) is 0.0877. The molecule has 0 saturated carbocycles. The Labute approximate surface area is 373 Å². The second-order valence-electron chi connectivity index (χ2n) is 7.88. The van der Waals surface area contributed by atoms with E-state index in [1.807, 2.05) is 0 Å². The molecule has 26 heteroatoms. The van der Waals surface area contributed by atoms with Gasteiger partial charge < -0.3 is 70.3 Å². The SMILES string of the molecule is O.O=C([O-])CN(CCN(CC(=O)[O-])CC(=O)O)CC(=O)O.O=C([O-])CN(CCN(CC(=O)[O-])CC(=O)O)CC(=O)[O-].[Na+].[Na+].[Na+].[Na+].[Na+]. The van der Waals surface area contributed by atoms with Crippen LogP contribution in [0.1, 0.15) is 0 Å². The van der Waals surface area contributed by atoms with Gasteiger partial charge in [0.25, 0.3) is 0 Å². The molecule has 0 heterocycles. The second-order valence-corrected chi connectivity index (χ2v) is 7.88. The van der Waals surface area contributed by atoms with Gasteiger partial charge in [-0.15, -0.1) is 0 Å². The third-order valence-corrected chi connectivity index (χ3v) is 4.31. The van der Waals surface area contributed by atoms with E-state index in [0.717, 1.165) is 19.6 Å². The Morgan fingerprint density at radius 3 is 0.587 bits per heavy atom. The molecular formula is C20H29N4Na5O17. The largest absolute Gasteiger partial charge is 1.00 e. The predicted octanol–water partition coefficient (Wildman–Crippen LogP) is -26.6. The van der Waals surface area contributed by atoms with Crippen LogP contribution in [0.4, 0.5) is 0 Å². The number of carboxylic acid groups (broad SMARTS) is 8. The normalized spacial score (nSPS) is 9.30. The van der Waals surface area contributed by atoms with E-state index in [1.165, 1.54) is 0 Å². The van der Waals surface area contributed by atoms with Crippen molar-refractivity contribution in [3.8, 4) is 0 Å². The van der Waals surface area contributed by atoms with Gasteiger partial charge in [0.2, 0.25) is 0 Å². The molecule has 0 saturated heterocycles. The summed E-state index contributed by atoms with van der Waals surface area (Å²) >= 11 is 0. The van der Waals surface area contributed by atoms with Crippen molar-refractivity contribution in [2.24, 2.45) is 0 Å². The average Bonchev–Trinajstić information content (AvgIpc) is 2.72. The third kappa shape index (κ3) is 46.7. The number of carbonyl (C=O) groups excluding carboxylic acids is 5. The Morgan fingerprint density at radius 2 is 0.478 bits per heavy atom. The molecule has 0 aromatic carbocycles. The first kappa shape index (κ1) is 65.0. The molecule has 0 aromatic heterocycles. The minimum absolute atomic E-state index is 0. The van der Waals surface area contributed by atoms with Gasteiger partial charge in [0.1, 0.15) is 0 Å². The van der Waals surface area contributed by atoms with Gasteiger partial charge in [-0.2, -0.15) is 0 Å². The molecule has 21 nitrogen and oxygen atoms in total. The number of hydrogen-bond donors (Lipinski definition) is 3. The minimum Gasteiger partial charge on any atom is -0.549 e. The first-order valence-corrected chi connectivity index (χ1v) is 10.9.